The molecule has 4 heteroatoms. The molecule has 0 aliphatic rings. The van der Waals surface area contributed by atoms with Crippen molar-refractivity contribution in [2.75, 3.05) is 0 Å². The molecule has 2 aromatic rings. The number of aromatic nitrogens is 2. The molecule has 0 aliphatic heterocycles. The number of rotatable bonds is 1. The van der Waals surface area contributed by atoms with Gasteiger partial charge in [0.05, 0.1) is 18.1 Å². The number of hydrogen-bond donors (Lipinski definition) is 1. The first-order valence-corrected chi connectivity index (χ1v) is 3.75. The summed E-state index contributed by atoms with van der Waals surface area (Å²) in [7, 11) is 0. The Morgan fingerprint density at radius 1 is 1.38 bits per heavy atom. The Balaban J connectivity index is 2.46. The topological polar surface area (TPSA) is 38.0 Å². The molecule has 0 saturated heterocycles. The number of halogens is 1. The molecule has 0 saturated carbocycles. The van der Waals surface area contributed by atoms with Gasteiger partial charge in [0, 0.05) is 6.07 Å². The maximum atomic E-state index is 12.6. The van der Waals surface area contributed by atoms with Gasteiger partial charge in [-0.3, -0.25) is 0 Å². The van der Waals surface area contributed by atoms with Crippen LogP contribution in [-0.2, 0) is 0 Å². The van der Waals surface area contributed by atoms with Crippen LogP contribution < -0.4 is 0 Å². The third kappa shape index (κ3) is 1.51. The van der Waals surface area contributed by atoms with E-state index < -0.39 is 5.82 Å². The first-order chi connectivity index (χ1) is 6.25. The minimum Gasteiger partial charge on any atom is -0.508 e. The normalized spacial score (nSPS) is 10.2. The molecule has 3 nitrogen and oxygen atoms in total. The van der Waals surface area contributed by atoms with E-state index in [9.17, 15) is 4.39 Å². The number of aromatic hydroxyl groups is 1. The van der Waals surface area contributed by atoms with Crippen molar-refractivity contribution in [1.29, 1.82) is 0 Å². The zero-order valence-electron chi connectivity index (χ0n) is 6.68. The maximum Gasteiger partial charge on any atom is 0.161 e. The average molecular weight is 178 g/mol. The highest BCUT2D eigenvalue weighted by molar-refractivity contribution is 5.37. The van der Waals surface area contributed by atoms with E-state index in [1.165, 1.54) is 16.9 Å². The summed E-state index contributed by atoms with van der Waals surface area (Å²) in [4.78, 5) is 0. The van der Waals surface area contributed by atoms with Gasteiger partial charge in [-0.1, -0.05) is 6.07 Å². The second-order valence-electron chi connectivity index (χ2n) is 2.62. The molecule has 0 spiro atoms. The van der Waals surface area contributed by atoms with Crippen LogP contribution in [0.3, 0.4) is 0 Å². The van der Waals surface area contributed by atoms with Gasteiger partial charge in [0.1, 0.15) is 5.75 Å². The highest BCUT2D eigenvalue weighted by Gasteiger charge is 1.99. The molecule has 1 aromatic carbocycles. The smallest absolute Gasteiger partial charge is 0.161 e. The van der Waals surface area contributed by atoms with E-state index in [2.05, 4.69) is 5.10 Å². The zero-order valence-corrected chi connectivity index (χ0v) is 6.68. The molecule has 66 valence electrons. The van der Waals surface area contributed by atoms with Crippen molar-refractivity contribution in [2.45, 2.75) is 0 Å². The molecule has 1 aromatic heterocycles. The largest absolute Gasteiger partial charge is 0.508 e. The Morgan fingerprint density at radius 2 is 2.23 bits per heavy atom. The van der Waals surface area contributed by atoms with Gasteiger partial charge in [-0.15, -0.1) is 0 Å². The molecule has 1 N–H and O–H groups in total. The lowest BCUT2D eigenvalue weighted by molar-refractivity contribution is 0.475. The standard InChI is InChI=1S/C9H7FN2O/c10-7-5-11-12(6-7)8-2-1-3-9(13)4-8/h1-6,13H. The second kappa shape index (κ2) is 2.90. The van der Waals surface area contributed by atoms with Crippen LogP contribution in [0.15, 0.2) is 36.7 Å². The fourth-order valence-corrected chi connectivity index (χ4v) is 1.08. The van der Waals surface area contributed by atoms with E-state index in [-0.39, 0.29) is 5.75 Å². The third-order valence-corrected chi connectivity index (χ3v) is 1.65. The van der Waals surface area contributed by atoms with E-state index in [4.69, 9.17) is 5.11 Å². The Hall–Kier alpha value is -1.84. The van der Waals surface area contributed by atoms with Crippen molar-refractivity contribution in [3.8, 4) is 11.4 Å². The lowest BCUT2D eigenvalue weighted by atomic mass is 10.3. The molecular weight excluding hydrogens is 171 g/mol. The van der Waals surface area contributed by atoms with Crippen molar-refractivity contribution in [2.24, 2.45) is 0 Å². The first kappa shape index (κ1) is 7.79. The fraction of sp³-hybridized carbons (Fsp3) is 0. The molecule has 13 heavy (non-hydrogen) atoms. The summed E-state index contributed by atoms with van der Waals surface area (Å²) in [6.45, 7) is 0. The summed E-state index contributed by atoms with van der Waals surface area (Å²) < 4.78 is 13.9. The minimum atomic E-state index is -0.400. The van der Waals surface area contributed by atoms with Crippen LogP contribution in [0.1, 0.15) is 0 Å². The van der Waals surface area contributed by atoms with Gasteiger partial charge in [-0.25, -0.2) is 9.07 Å². The Labute approximate surface area is 74.1 Å². The van der Waals surface area contributed by atoms with Gasteiger partial charge in [0.2, 0.25) is 0 Å². The second-order valence-corrected chi connectivity index (χ2v) is 2.62. The number of benzene rings is 1. The van der Waals surface area contributed by atoms with Gasteiger partial charge in [0.25, 0.3) is 0 Å². The quantitative estimate of drug-likeness (QED) is 0.721. The molecular formula is C9H7FN2O. The van der Waals surface area contributed by atoms with Crippen molar-refractivity contribution in [3.05, 3.63) is 42.5 Å². The van der Waals surface area contributed by atoms with E-state index >= 15 is 0 Å². The number of hydrogen-bond acceptors (Lipinski definition) is 2. The lowest BCUT2D eigenvalue weighted by Crippen LogP contribution is -1.92. The number of phenols is 1. The SMILES string of the molecule is Oc1cccc(-n2cc(F)cn2)c1. The highest BCUT2D eigenvalue weighted by Crippen LogP contribution is 2.14. The molecule has 0 bridgehead atoms. The van der Waals surface area contributed by atoms with Crippen molar-refractivity contribution in [1.82, 2.24) is 9.78 Å². The predicted molar refractivity (Wildman–Crippen MR) is 45.2 cm³/mol. The summed E-state index contributed by atoms with van der Waals surface area (Å²) in [5.74, 6) is -0.267. The minimum absolute atomic E-state index is 0.133. The van der Waals surface area contributed by atoms with Crippen LogP contribution in [-0.4, -0.2) is 14.9 Å². The summed E-state index contributed by atoms with van der Waals surface area (Å²) in [6, 6.07) is 6.45. The molecule has 1 heterocycles. The van der Waals surface area contributed by atoms with Crippen LogP contribution >= 0.6 is 0 Å². The zero-order chi connectivity index (χ0) is 9.26. The predicted octanol–water partition coefficient (Wildman–Crippen LogP) is 1.72. The Kier molecular flexibility index (Phi) is 1.73. The molecule has 0 aliphatic carbocycles. The summed E-state index contributed by atoms with van der Waals surface area (Å²) >= 11 is 0. The van der Waals surface area contributed by atoms with Crippen LogP contribution in [0.5, 0.6) is 5.75 Å². The summed E-state index contributed by atoms with van der Waals surface area (Å²) in [5, 5.41) is 12.9. The van der Waals surface area contributed by atoms with Gasteiger partial charge in [-0.05, 0) is 12.1 Å². The highest BCUT2D eigenvalue weighted by atomic mass is 19.1. The van der Waals surface area contributed by atoms with Crippen molar-refractivity contribution in [3.63, 3.8) is 0 Å². The average Bonchev–Trinajstić information content (AvgIpc) is 2.52. The van der Waals surface area contributed by atoms with Crippen LogP contribution in [0.2, 0.25) is 0 Å². The van der Waals surface area contributed by atoms with Gasteiger partial charge < -0.3 is 5.11 Å². The molecule has 0 unspecified atom stereocenters. The molecule has 0 amide bonds. The Morgan fingerprint density at radius 3 is 2.85 bits per heavy atom. The molecule has 0 radical (unpaired) electrons. The Bertz CT molecular complexity index is 425. The number of nitrogens with zero attached hydrogens (tertiary/aromatic N) is 2. The van der Waals surface area contributed by atoms with E-state index in [1.807, 2.05) is 0 Å². The van der Waals surface area contributed by atoms with E-state index in [0.29, 0.717) is 5.69 Å². The van der Waals surface area contributed by atoms with Crippen LogP contribution in [0.25, 0.3) is 5.69 Å². The van der Waals surface area contributed by atoms with Crippen molar-refractivity contribution < 1.29 is 9.50 Å². The van der Waals surface area contributed by atoms with Gasteiger partial charge >= 0.3 is 0 Å². The third-order valence-electron chi connectivity index (χ3n) is 1.65. The van der Waals surface area contributed by atoms with E-state index in [1.54, 1.807) is 18.2 Å². The van der Waals surface area contributed by atoms with Gasteiger partial charge in [-0.2, -0.15) is 5.10 Å². The van der Waals surface area contributed by atoms with Crippen LogP contribution in [0.4, 0.5) is 4.39 Å². The number of phenolic OH excluding ortho intramolecular Hbond substituents is 1. The van der Waals surface area contributed by atoms with Crippen molar-refractivity contribution >= 4 is 0 Å². The molecule has 2 rings (SSSR count). The van der Waals surface area contributed by atoms with E-state index in [0.717, 1.165) is 6.20 Å². The summed E-state index contributed by atoms with van der Waals surface area (Å²) in [6.07, 6.45) is 2.36. The lowest BCUT2D eigenvalue weighted by Gasteiger charge is -1.99. The van der Waals surface area contributed by atoms with Crippen LogP contribution in [0, 0.1) is 5.82 Å². The van der Waals surface area contributed by atoms with Gasteiger partial charge in [0.15, 0.2) is 5.82 Å². The molecule has 0 fully saturated rings. The monoisotopic (exact) mass is 178 g/mol. The maximum absolute atomic E-state index is 12.6. The fourth-order valence-electron chi connectivity index (χ4n) is 1.08. The molecule has 0 atom stereocenters. The first-order valence-electron chi connectivity index (χ1n) is 3.75. The summed E-state index contributed by atoms with van der Waals surface area (Å²) in [5.41, 5.74) is 0.629.